The van der Waals surface area contributed by atoms with E-state index in [2.05, 4.69) is 0 Å². The molecule has 10 nitrogen and oxygen atoms in total. The molecule has 0 saturated carbocycles. The molecule has 1 aliphatic rings. The Morgan fingerprint density at radius 2 is 1.56 bits per heavy atom. The molecule has 1 fully saturated rings. The maximum atomic E-state index is 12.8. The van der Waals surface area contributed by atoms with Crippen molar-refractivity contribution >= 4 is 11.0 Å². The van der Waals surface area contributed by atoms with Crippen molar-refractivity contribution in [1.29, 1.82) is 0 Å². The molecule has 1 aromatic heterocycles. The molecule has 7 N–H and O–H groups in total. The van der Waals surface area contributed by atoms with Gasteiger partial charge in [0.1, 0.15) is 46.4 Å². The molecular formula is C22H22O10. The number of aliphatic hydroxyl groups excluding tert-OH is 3. The van der Waals surface area contributed by atoms with Crippen LogP contribution in [0, 0.1) is 5.92 Å². The van der Waals surface area contributed by atoms with E-state index in [0.29, 0.717) is 0 Å². The van der Waals surface area contributed by atoms with Crippen LogP contribution in [0.15, 0.2) is 39.5 Å². The predicted molar refractivity (Wildman–Crippen MR) is 110 cm³/mol. The lowest BCUT2D eigenvalue weighted by Gasteiger charge is -2.41. The first-order valence-electron chi connectivity index (χ1n) is 9.81. The summed E-state index contributed by atoms with van der Waals surface area (Å²) in [5.74, 6) is -2.49. The van der Waals surface area contributed by atoms with E-state index in [9.17, 15) is 40.5 Å². The van der Waals surface area contributed by atoms with Crippen LogP contribution in [0.5, 0.6) is 23.0 Å². The van der Waals surface area contributed by atoms with Crippen molar-refractivity contribution in [3.63, 3.8) is 0 Å². The lowest BCUT2D eigenvalue weighted by molar-refractivity contribution is -0.207. The maximum absolute atomic E-state index is 12.8. The fraction of sp³-hybridized carbons (Fsp3) is 0.318. The molecule has 0 spiro atoms. The van der Waals surface area contributed by atoms with Crippen LogP contribution in [0.25, 0.3) is 22.3 Å². The summed E-state index contributed by atoms with van der Waals surface area (Å²) in [5, 5.41) is 70.7. The highest BCUT2D eigenvalue weighted by atomic mass is 16.5. The minimum absolute atomic E-state index is 0.113. The van der Waals surface area contributed by atoms with E-state index in [4.69, 9.17) is 9.15 Å². The number of phenolic OH excluding ortho intramolecular Hbond substituents is 4. The molecule has 2 aromatic carbocycles. The van der Waals surface area contributed by atoms with Crippen LogP contribution >= 0.6 is 0 Å². The molecule has 5 unspecified atom stereocenters. The van der Waals surface area contributed by atoms with E-state index in [1.54, 1.807) is 6.92 Å². The fourth-order valence-electron chi connectivity index (χ4n) is 4.03. The molecule has 0 aliphatic carbocycles. The van der Waals surface area contributed by atoms with Gasteiger partial charge in [0.2, 0.25) is 0 Å². The second-order valence-corrected chi connectivity index (χ2v) is 7.86. The Morgan fingerprint density at radius 3 is 2.19 bits per heavy atom. The van der Waals surface area contributed by atoms with Crippen LogP contribution in [0.4, 0.5) is 0 Å². The fourth-order valence-corrected chi connectivity index (χ4v) is 4.03. The first kappa shape index (κ1) is 21.9. The molecule has 5 atom stereocenters. The first-order valence-corrected chi connectivity index (χ1v) is 9.81. The van der Waals surface area contributed by atoms with Gasteiger partial charge in [0, 0.05) is 29.7 Å². The van der Waals surface area contributed by atoms with E-state index in [0.717, 1.165) is 18.2 Å². The number of hydrogen-bond donors (Lipinski definition) is 7. The summed E-state index contributed by atoms with van der Waals surface area (Å²) in [4.78, 5) is 12.8. The second kappa shape index (κ2) is 7.99. The molecule has 2 heterocycles. The summed E-state index contributed by atoms with van der Waals surface area (Å²) in [7, 11) is 0. The van der Waals surface area contributed by atoms with Crippen LogP contribution in [-0.4, -0.2) is 60.7 Å². The summed E-state index contributed by atoms with van der Waals surface area (Å²) >= 11 is 0. The third-order valence-corrected chi connectivity index (χ3v) is 5.76. The number of ether oxygens (including phenoxy) is 1. The minimum Gasteiger partial charge on any atom is -0.508 e. The van der Waals surface area contributed by atoms with Gasteiger partial charge in [-0.05, 0) is 12.1 Å². The number of aliphatic hydroxyl groups is 3. The van der Waals surface area contributed by atoms with E-state index >= 15 is 0 Å². The Bertz CT molecular complexity index is 1210. The zero-order valence-corrected chi connectivity index (χ0v) is 16.8. The maximum Gasteiger partial charge on any atom is 0.197 e. The van der Waals surface area contributed by atoms with Crippen molar-refractivity contribution in [3.05, 3.63) is 46.1 Å². The van der Waals surface area contributed by atoms with E-state index in [1.807, 2.05) is 0 Å². The van der Waals surface area contributed by atoms with Gasteiger partial charge in [0.15, 0.2) is 11.0 Å². The zero-order valence-electron chi connectivity index (χ0n) is 16.8. The Hall–Kier alpha value is -3.31. The van der Waals surface area contributed by atoms with Crippen molar-refractivity contribution in [2.75, 3.05) is 6.61 Å². The Morgan fingerprint density at radius 1 is 0.906 bits per heavy atom. The molecule has 170 valence electrons. The van der Waals surface area contributed by atoms with Gasteiger partial charge in [-0.1, -0.05) is 6.92 Å². The third-order valence-electron chi connectivity index (χ3n) is 5.76. The third kappa shape index (κ3) is 3.53. The normalized spacial score (nSPS) is 25.8. The molecule has 0 radical (unpaired) electrons. The zero-order chi connectivity index (χ0) is 23.3. The van der Waals surface area contributed by atoms with Crippen LogP contribution < -0.4 is 5.43 Å². The average molecular weight is 446 g/mol. The van der Waals surface area contributed by atoms with Crippen LogP contribution in [0.2, 0.25) is 0 Å². The monoisotopic (exact) mass is 446 g/mol. The van der Waals surface area contributed by atoms with Gasteiger partial charge in [0.25, 0.3) is 0 Å². The van der Waals surface area contributed by atoms with Gasteiger partial charge in [-0.15, -0.1) is 0 Å². The Balaban J connectivity index is 1.99. The highest BCUT2D eigenvalue weighted by Crippen LogP contribution is 2.44. The van der Waals surface area contributed by atoms with Gasteiger partial charge >= 0.3 is 0 Å². The molecule has 4 rings (SSSR count). The summed E-state index contributed by atoms with van der Waals surface area (Å²) < 4.78 is 11.5. The van der Waals surface area contributed by atoms with Crippen LogP contribution in [0.1, 0.15) is 18.6 Å². The highest BCUT2D eigenvalue weighted by molar-refractivity contribution is 5.89. The quantitative estimate of drug-likeness (QED) is 0.307. The smallest absolute Gasteiger partial charge is 0.197 e. The van der Waals surface area contributed by atoms with E-state index in [1.165, 1.54) is 12.1 Å². The highest BCUT2D eigenvalue weighted by Gasteiger charge is 2.44. The van der Waals surface area contributed by atoms with Crippen molar-refractivity contribution in [2.45, 2.75) is 31.3 Å². The average Bonchev–Trinajstić information content (AvgIpc) is 2.72. The minimum atomic E-state index is -1.55. The molecule has 1 aliphatic heterocycles. The van der Waals surface area contributed by atoms with Gasteiger partial charge in [-0.3, -0.25) is 4.79 Å². The Labute approximate surface area is 180 Å². The topological polar surface area (TPSA) is 181 Å². The molecule has 32 heavy (non-hydrogen) atoms. The van der Waals surface area contributed by atoms with Crippen molar-refractivity contribution in [3.8, 4) is 34.3 Å². The van der Waals surface area contributed by atoms with E-state index in [-0.39, 0.29) is 39.4 Å². The number of benzene rings is 2. The molecular weight excluding hydrogens is 424 g/mol. The molecule has 0 amide bonds. The molecule has 3 aromatic rings. The summed E-state index contributed by atoms with van der Waals surface area (Å²) in [5.41, 5.74) is -1.11. The number of fused-ring (bicyclic) bond motifs is 1. The summed E-state index contributed by atoms with van der Waals surface area (Å²) in [6.45, 7) is 1.10. The lowest BCUT2D eigenvalue weighted by atomic mass is 9.85. The second-order valence-electron chi connectivity index (χ2n) is 7.86. The number of rotatable bonds is 3. The lowest BCUT2D eigenvalue weighted by Crippen LogP contribution is -2.50. The van der Waals surface area contributed by atoms with Gasteiger partial charge in [-0.2, -0.15) is 0 Å². The molecule has 10 heteroatoms. The summed E-state index contributed by atoms with van der Waals surface area (Å²) in [6, 6.07) is 5.46. The molecule has 0 bridgehead atoms. The standard InChI is InChI=1S/C22H22O10/c1-8-16(7-23)32-22(20(30)19(8)29)18-13(27)5-12(26)17-14(28)6-15(31-21(17)18)9-2-10(24)4-11(25)3-9/h2-6,8,16,19-20,22-27,29-30H,7H2,1H3. The molecule has 1 saturated heterocycles. The van der Waals surface area contributed by atoms with E-state index < -0.39 is 53.9 Å². The van der Waals surface area contributed by atoms with Crippen molar-refractivity contribution in [2.24, 2.45) is 5.92 Å². The largest absolute Gasteiger partial charge is 0.508 e. The number of hydrogen-bond acceptors (Lipinski definition) is 10. The van der Waals surface area contributed by atoms with Crippen molar-refractivity contribution < 1.29 is 44.9 Å². The SMILES string of the molecule is CC1C(CO)OC(c2c(O)cc(O)c3c(=O)cc(-c4cc(O)cc(O)c4)oc23)C(O)C1O. The van der Waals surface area contributed by atoms with Gasteiger partial charge < -0.3 is 44.9 Å². The first-order chi connectivity index (χ1) is 15.1. The van der Waals surface area contributed by atoms with Crippen LogP contribution in [-0.2, 0) is 4.74 Å². The van der Waals surface area contributed by atoms with Crippen LogP contribution in [0.3, 0.4) is 0 Å². The number of aromatic hydroxyl groups is 4. The van der Waals surface area contributed by atoms with Gasteiger partial charge in [0.05, 0.1) is 24.4 Å². The van der Waals surface area contributed by atoms with Crippen molar-refractivity contribution in [1.82, 2.24) is 0 Å². The van der Waals surface area contributed by atoms with Gasteiger partial charge in [-0.25, -0.2) is 0 Å². The summed E-state index contributed by atoms with van der Waals surface area (Å²) in [6.07, 6.45) is -5.17. The Kier molecular flexibility index (Phi) is 5.47. The predicted octanol–water partition coefficient (Wildman–Crippen LogP) is 1.07. The number of phenols is 4.